The van der Waals surface area contributed by atoms with E-state index in [-0.39, 0.29) is 18.0 Å². The highest BCUT2D eigenvalue weighted by molar-refractivity contribution is 9.10. The first-order valence-electron chi connectivity index (χ1n) is 6.98. The lowest BCUT2D eigenvalue weighted by molar-refractivity contribution is -0.120. The van der Waals surface area contributed by atoms with Gasteiger partial charge in [0.2, 0.25) is 5.91 Å². The molecule has 4 nitrogen and oxygen atoms in total. The zero-order valence-electron chi connectivity index (χ0n) is 11.9. The third-order valence-electron chi connectivity index (χ3n) is 3.71. The highest BCUT2D eigenvalue weighted by Gasteiger charge is 2.29. The maximum absolute atomic E-state index is 11.1. The molecule has 1 aliphatic rings. The normalized spacial score (nSPS) is 20.6. The standard InChI is InChI=1S/C14H22BrN3OS/c1-9(16)14(13-7-11(15)8-20-13)18-5-3-12(4-6-18)17-10(2)19/h7-9,12,14H,3-6,16H2,1-2H3,(H,17,19). The van der Waals surface area contributed by atoms with E-state index in [9.17, 15) is 4.79 Å². The molecule has 3 N–H and O–H groups in total. The van der Waals surface area contributed by atoms with Crippen LogP contribution in [0.3, 0.4) is 0 Å². The van der Waals surface area contributed by atoms with E-state index in [0.29, 0.717) is 6.04 Å². The molecule has 2 rings (SSSR count). The van der Waals surface area contributed by atoms with Crippen molar-refractivity contribution in [2.75, 3.05) is 13.1 Å². The molecule has 1 saturated heterocycles. The van der Waals surface area contributed by atoms with Gasteiger partial charge in [-0.2, -0.15) is 0 Å². The summed E-state index contributed by atoms with van der Waals surface area (Å²) in [6, 6.07) is 2.84. The number of halogens is 1. The van der Waals surface area contributed by atoms with E-state index in [1.165, 1.54) is 4.88 Å². The number of carbonyl (C=O) groups excluding carboxylic acids is 1. The van der Waals surface area contributed by atoms with Crippen molar-refractivity contribution in [3.8, 4) is 0 Å². The Morgan fingerprint density at radius 3 is 2.65 bits per heavy atom. The van der Waals surface area contributed by atoms with Crippen LogP contribution in [-0.2, 0) is 4.79 Å². The van der Waals surface area contributed by atoms with Crippen molar-refractivity contribution in [3.05, 3.63) is 20.8 Å². The molecule has 1 aliphatic heterocycles. The molecule has 1 amide bonds. The largest absolute Gasteiger partial charge is 0.354 e. The van der Waals surface area contributed by atoms with Crippen molar-refractivity contribution >= 4 is 33.2 Å². The number of carbonyl (C=O) groups is 1. The number of rotatable bonds is 4. The molecule has 0 aromatic carbocycles. The van der Waals surface area contributed by atoms with Crippen molar-refractivity contribution < 1.29 is 4.79 Å². The van der Waals surface area contributed by atoms with Gasteiger partial charge in [-0.15, -0.1) is 11.3 Å². The molecular weight excluding hydrogens is 338 g/mol. The zero-order valence-corrected chi connectivity index (χ0v) is 14.3. The summed E-state index contributed by atoms with van der Waals surface area (Å²) in [5, 5.41) is 5.12. The Morgan fingerprint density at radius 1 is 1.55 bits per heavy atom. The zero-order chi connectivity index (χ0) is 14.7. The topological polar surface area (TPSA) is 58.4 Å². The Balaban J connectivity index is 2.00. The lowest BCUT2D eigenvalue weighted by Crippen LogP contribution is -2.48. The van der Waals surface area contributed by atoms with Gasteiger partial charge in [-0.3, -0.25) is 9.69 Å². The van der Waals surface area contributed by atoms with Crippen LogP contribution in [0.2, 0.25) is 0 Å². The summed E-state index contributed by atoms with van der Waals surface area (Å²) < 4.78 is 1.12. The molecule has 20 heavy (non-hydrogen) atoms. The number of nitrogens with zero attached hydrogens (tertiary/aromatic N) is 1. The first-order valence-corrected chi connectivity index (χ1v) is 8.65. The molecule has 1 aromatic heterocycles. The third-order valence-corrected chi connectivity index (χ3v) is 5.47. The van der Waals surface area contributed by atoms with Crippen molar-refractivity contribution in [3.63, 3.8) is 0 Å². The first kappa shape index (κ1) is 15.9. The van der Waals surface area contributed by atoms with Crippen molar-refractivity contribution in [2.24, 2.45) is 5.73 Å². The summed E-state index contributed by atoms with van der Waals surface area (Å²) in [6.07, 6.45) is 1.99. The fourth-order valence-electron chi connectivity index (χ4n) is 2.86. The van der Waals surface area contributed by atoms with Gasteiger partial charge < -0.3 is 11.1 Å². The first-order chi connectivity index (χ1) is 9.47. The van der Waals surface area contributed by atoms with Crippen LogP contribution in [0.5, 0.6) is 0 Å². The number of hydrogen-bond acceptors (Lipinski definition) is 4. The van der Waals surface area contributed by atoms with E-state index in [1.807, 2.05) is 0 Å². The quantitative estimate of drug-likeness (QED) is 0.868. The summed E-state index contributed by atoms with van der Waals surface area (Å²) in [4.78, 5) is 14.9. The molecule has 1 aromatic rings. The molecule has 112 valence electrons. The second-order valence-electron chi connectivity index (χ2n) is 5.48. The van der Waals surface area contributed by atoms with E-state index in [2.05, 4.69) is 44.5 Å². The average Bonchev–Trinajstić information content (AvgIpc) is 2.77. The number of thiophene rings is 1. The number of nitrogens with one attached hydrogen (secondary N) is 1. The van der Waals surface area contributed by atoms with E-state index in [0.717, 1.165) is 30.4 Å². The van der Waals surface area contributed by atoms with E-state index >= 15 is 0 Å². The minimum Gasteiger partial charge on any atom is -0.354 e. The van der Waals surface area contributed by atoms with Gasteiger partial charge in [-0.05, 0) is 41.8 Å². The Hall–Kier alpha value is -0.430. The summed E-state index contributed by atoms with van der Waals surface area (Å²) in [5.74, 6) is 0.0642. The van der Waals surface area contributed by atoms with Gasteiger partial charge in [0.15, 0.2) is 0 Å². The van der Waals surface area contributed by atoms with Crippen LogP contribution in [0.15, 0.2) is 15.9 Å². The SMILES string of the molecule is CC(=O)NC1CCN(C(c2cc(Br)cs2)C(C)N)CC1. The summed E-state index contributed by atoms with van der Waals surface area (Å²) in [7, 11) is 0. The second-order valence-corrected chi connectivity index (χ2v) is 7.34. The number of piperidine rings is 1. The van der Waals surface area contributed by atoms with Gasteiger partial charge in [0.1, 0.15) is 0 Å². The minimum atomic E-state index is 0.0642. The van der Waals surface area contributed by atoms with Crippen LogP contribution in [0, 0.1) is 0 Å². The minimum absolute atomic E-state index is 0.0642. The highest BCUT2D eigenvalue weighted by atomic mass is 79.9. The van der Waals surface area contributed by atoms with Crippen LogP contribution in [0.25, 0.3) is 0 Å². The van der Waals surface area contributed by atoms with Crippen molar-refractivity contribution in [2.45, 2.75) is 44.8 Å². The Morgan fingerprint density at radius 2 is 2.20 bits per heavy atom. The molecule has 6 heteroatoms. The number of nitrogens with two attached hydrogens (primary N) is 1. The fourth-order valence-corrected chi connectivity index (χ4v) is 4.56. The van der Waals surface area contributed by atoms with Crippen LogP contribution in [0.4, 0.5) is 0 Å². The van der Waals surface area contributed by atoms with E-state index in [1.54, 1.807) is 18.3 Å². The average molecular weight is 360 g/mol. The lowest BCUT2D eigenvalue weighted by atomic mass is 9.99. The van der Waals surface area contributed by atoms with Gasteiger partial charge >= 0.3 is 0 Å². The molecule has 2 unspecified atom stereocenters. The monoisotopic (exact) mass is 359 g/mol. The number of likely N-dealkylation sites (tertiary alicyclic amines) is 1. The van der Waals surface area contributed by atoms with E-state index < -0.39 is 0 Å². The third kappa shape index (κ3) is 4.04. The van der Waals surface area contributed by atoms with Gasteiger partial charge in [0.05, 0.1) is 6.04 Å². The van der Waals surface area contributed by atoms with Crippen LogP contribution >= 0.6 is 27.3 Å². The summed E-state index contributed by atoms with van der Waals surface area (Å²) in [5.41, 5.74) is 6.20. The van der Waals surface area contributed by atoms with Gasteiger partial charge in [-0.25, -0.2) is 0 Å². The van der Waals surface area contributed by atoms with E-state index in [4.69, 9.17) is 5.73 Å². The molecule has 0 spiro atoms. The molecule has 0 radical (unpaired) electrons. The molecule has 2 atom stereocenters. The summed E-state index contributed by atoms with van der Waals surface area (Å²) >= 11 is 5.27. The smallest absolute Gasteiger partial charge is 0.217 e. The maximum atomic E-state index is 11.1. The molecule has 0 saturated carbocycles. The fraction of sp³-hybridized carbons (Fsp3) is 0.643. The molecule has 0 aliphatic carbocycles. The lowest BCUT2D eigenvalue weighted by Gasteiger charge is -2.39. The summed E-state index contributed by atoms with van der Waals surface area (Å²) in [6.45, 7) is 5.61. The molecule has 1 fully saturated rings. The predicted molar refractivity (Wildman–Crippen MR) is 86.8 cm³/mol. The molecular formula is C14H22BrN3OS. The van der Waals surface area contributed by atoms with Crippen molar-refractivity contribution in [1.82, 2.24) is 10.2 Å². The highest BCUT2D eigenvalue weighted by Crippen LogP contribution is 2.33. The number of hydrogen-bond donors (Lipinski definition) is 2. The van der Waals surface area contributed by atoms with Crippen LogP contribution in [-0.4, -0.2) is 36.0 Å². The maximum Gasteiger partial charge on any atom is 0.217 e. The predicted octanol–water partition coefficient (Wildman–Crippen LogP) is 2.50. The second kappa shape index (κ2) is 7.02. The van der Waals surface area contributed by atoms with Crippen LogP contribution in [0.1, 0.15) is 37.6 Å². The van der Waals surface area contributed by atoms with Gasteiger partial charge in [0.25, 0.3) is 0 Å². The molecule has 0 bridgehead atoms. The van der Waals surface area contributed by atoms with Crippen LogP contribution < -0.4 is 11.1 Å². The van der Waals surface area contributed by atoms with Crippen molar-refractivity contribution in [1.29, 1.82) is 0 Å². The number of amides is 1. The molecule has 2 heterocycles. The Kier molecular flexibility index (Phi) is 5.60. The Bertz CT molecular complexity index is 455. The Labute approximate surface area is 132 Å². The van der Waals surface area contributed by atoms with Gasteiger partial charge in [0, 0.05) is 46.8 Å². The van der Waals surface area contributed by atoms with Gasteiger partial charge in [-0.1, -0.05) is 0 Å².